The van der Waals surface area contributed by atoms with E-state index in [2.05, 4.69) is 134 Å². The van der Waals surface area contributed by atoms with Crippen LogP contribution in [0.4, 0.5) is 0 Å². The van der Waals surface area contributed by atoms with E-state index in [-0.39, 0.29) is 6.61 Å². The van der Waals surface area contributed by atoms with Gasteiger partial charge in [-0.25, -0.2) is 9.59 Å². The molecule has 0 saturated carbocycles. The molecule has 3 aromatic heterocycles. The Bertz CT molecular complexity index is 2640. The number of thioether (sulfide) groups is 3. The van der Waals surface area contributed by atoms with Gasteiger partial charge in [0.2, 0.25) is 0 Å². The van der Waals surface area contributed by atoms with Crippen LogP contribution in [0.1, 0.15) is 0 Å². The summed E-state index contributed by atoms with van der Waals surface area (Å²) in [4.78, 5) is 28.7. The van der Waals surface area contributed by atoms with Crippen molar-refractivity contribution in [2.24, 2.45) is 5.41 Å². The summed E-state index contributed by atoms with van der Waals surface area (Å²) in [6.07, 6.45) is 1.05. The number of carbonyl (C=O) groups excluding carboxylic acids is 2. The third-order valence-electron chi connectivity index (χ3n) is 9.74. The summed E-state index contributed by atoms with van der Waals surface area (Å²) in [7, 11) is 0. The zero-order chi connectivity index (χ0) is 38.1. The molecule has 0 unspecified atom stereocenters. The highest BCUT2D eigenvalue weighted by atomic mass is 32.2. The summed E-state index contributed by atoms with van der Waals surface area (Å²) in [6.45, 7) is 3.16. The van der Waals surface area contributed by atoms with E-state index < -0.39 is 24.0 Å². The Kier molecular flexibility index (Phi) is 10.8. The average Bonchev–Trinajstić information content (AvgIpc) is 3.94. The van der Waals surface area contributed by atoms with E-state index in [0.717, 1.165) is 6.08 Å². The van der Waals surface area contributed by atoms with Crippen molar-refractivity contribution >= 4 is 142 Å². The molecule has 278 valence electrons. The normalized spacial score (nSPS) is 12.0. The van der Waals surface area contributed by atoms with Crippen molar-refractivity contribution in [3.05, 3.63) is 140 Å². The third-order valence-corrected chi connectivity index (χ3v) is 18.0. The highest BCUT2D eigenvalue weighted by Gasteiger charge is 2.34. The molecule has 56 heavy (non-hydrogen) atoms. The third kappa shape index (κ3) is 7.46. The lowest BCUT2D eigenvalue weighted by molar-refractivity contribution is -0.157. The predicted octanol–water partition coefficient (Wildman–Crippen LogP) is 13.7. The molecule has 6 aromatic carbocycles. The summed E-state index contributed by atoms with van der Waals surface area (Å²) in [6, 6.07) is 45.4. The van der Waals surface area contributed by atoms with Crippen LogP contribution in [-0.2, 0) is 19.1 Å². The van der Waals surface area contributed by atoms with Gasteiger partial charge in [0.15, 0.2) is 6.61 Å². The van der Waals surface area contributed by atoms with Gasteiger partial charge in [0.1, 0.15) is 0 Å². The Balaban J connectivity index is 1.10. The molecular formula is C46H34O4S6. The molecule has 0 spiro atoms. The monoisotopic (exact) mass is 842 g/mol. The van der Waals surface area contributed by atoms with Crippen molar-refractivity contribution < 1.29 is 19.1 Å². The number of esters is 2. The zero-order valence-electron chi connectivity index (χ0n) is 30.0. The molecule has 9 aromatic rings. The van der Waals surface area contributed by atoms with Crippen LogP contribution in [0.5, 0.6) is 0 Å². The minimum Gasteiger partial charge on any atom is -0.462 e. The molecule has 4 nitrogen and oxygen atoms in total. The van der Waals surface area contributed by atoms with Gasteiger partial charge < -0.3 is 9.47 Å². The SMILES string of the molecule is C=CC(=O)OCC(=O)OCC(CSc1cccc2c1sc1ccccc12)(CSc1cccc2c1sc1ccccc12)CSc1cccc2c1sc1ccccc12. The van der Waals surface area contributed by atoms with Gasteiger partial charge in [0, 0.05) is 104 Å². The maximum Gasteiger partial charge on any atom is 0.344 e. The molecule has 0 aliphatic carbocycles. The topological polar surface area (TPSA) is 52.6 Å². The standard InChI is InChI=1S/C46H34O4S6/c1-2-41(47)49-24-42(48)50-25-46(26-51-38-21-9-15-32-29-12-3-6-18-35(29)54-43(32)38,27-52-39-22-10-16-33-30-13-4-7-19-36(30)55-44(33)39)28-53-40-23-11-17-34-31-14-5-8-20-37(31)56-45(34)40/h2-23H,1,24-28H2. The number of hydrogen-bond acceptors (Lipinski definition) is 10. The molecule has 0 saturated heterocycles. The van der Waals surface area contributed by atoms with E-state index in [1.54, 1.807) is 0 Å². The first kappa shape index (κ1) is 37.3. The lowest BCUT2D eigenvalue weighted by atomic mass is 9.97. The van der Waals surface area contributed by atoms with Gasteiger partial charge in [-0.1, -0.05) is 97.6 Å². The maximum absolute atomic E-state index is 13.2. The van der Waals surface area contributed by atoms with Gasteiger partial charge in [-0.05, 0) is 36.4 Å². The van der Waals surface area contributed by atoms with Gasteiger partial charge >= 0.3 is 11.9 Å². The Morgan fingerprint density at radius 3 is 1.29 bits per heavy atom. The zero-order valence-corrected chi connectivity index (χ0v) is 34.9. The number of benzene rings is 6. The fraction of sp³-hybridized carbons (Fsp3) is 0.130. The van der Waals surface area contributed by atoms with Crippen LogP contribution in [0.25, 0.3) is 60.5 Å². The van der Waals surface area contributed by atoms with Gasteiger partial charge in [-0.3, -0.25) is 0 Å². The van der Waals surface area contributed by atoms with E-state index in [0.29, 0.717) is 17.3 Å². The molecule has 0 aliphatic heterocycles. The molecule has 9 rings (SSSR count). The van der Waals surface area contributed by atoms with Crippen LogP contribution in [-0.4, -0.2) is 42.4 Å². The van der Waals surface area contributed by atoms with Crippen molar-refractivity contribution in [1.82, 2.24) is 0 Å². The molecule has 0 atom stereocenters. The predicted molar refractivity (Wildman–Crippen MR) is 245 cm³/mol. The molecule has 0 amide bonds. The number of ether oxygens (including phenoxy) is 2. The van der Waals surface area contributed by atoms with Crippen molar-refractivity contribution in [2.45, 2.75) is 14.7 Å². The number of thiophene rings is 3. The quantitative estimate of drug-likeness (QED) is 0.0614. The van der Waals surface area contributed by atoms with Gasteiger partial charge in [0.25, 0.3) is 0 Å². The van der Waals surface area contributed by atoms with Crippen molar-refractivity contribution in [1.29, 1.82) is 0 Å². The number of fused-ring (bicyclic) bond motifs is 9. The molecular weight excluding hydrogens is 809 g/mol. The van der Waals surface area contributed by atoms with Crippen LogP contribution in [0, 0.1) is 5.41 Å². The molecule has 0 N–H and O–H groups in total. The van der Waals surface area contributed by atoms with Crippen molar-refractivity contribution in [3.8, 4) is 0 Å². The molecule has 10 heteroatoms. The summed E-state index contributed by atoms with van der Waals surface area (Å²) >= 11 is 11.0. The fourth-order valence-electron chi connectivity index (χ4n) is 6.91. The molecule has 0 radical (unpaired) electrons. The molecule has 0 fully saturated rings. The molecule has 0 aliphatic rings. The summed E-state index contributed by atoms with van der Waals surface area (Å²) in [5.41, 5.74) is -0.491. The van der Waals surface area contributed by atoms with Gasteiger partial charge in [-0.15, -0.1) is 69.3 Å². The van der Waals surface area contributed by atoms with Crippen molar-refractivity contribution in [2.75, 3.05) is 30.5 Å². The summed E-state index contributed by atoms with van der Waals surface area (Å²) in [5, 5.41) is 7.57. The second-order valence-electron chi connectivity index (χ2n) is 13.5. The fourth-order valence-corrected chi connectivity index (χ4v) is 15.0. The Morgan fingerprint density at radius 2 is 0.893 bits per heavy atom. The van der Waals surface area contributed by atoms with E-state index in [9.17, 15) is 9.59 Å². The van der Waals surface area contributed by atoms with E-state index >= 15 is 0 Å². The number of rotatable bonds is 14. The summed E-state index contributed by atoms with van der Waals surface area (Å²) in [5.74, 6) is 0.870. The van der Waals surface area contributed by atoms with Crippen LogP contribution in [0.2, 0.25) is 0 Å². The number of carbonyl (C=O) groups is 2. The van der Waals surface area contributed by atoms with E-state index in [4.69, 9.17) is 9.47 Å². The smallest absolute Gasteiger partial charge is 0.344 e. The average molecular weight is 843 g/mol. The largest absolute Gasteiger partial charge is 0.462 e. The first-order valence-corrected chi connectivity index (χ1v) is 23.4. The van der Waals surface area contributed by atoms with Crippen LogP contribution < -0.4 is 0 Å². The Morgan fingerprint density at radius 1 is 0.518 bits per heavy atom. The van der Waals surface area contributed by atoms with Gasteiger partial charge in [0.05, 0.1) is 6.61 Å². The first-order chi connectivity index (χ1) is 27.5. The second kappa shape index (κ2) is 16.3. The first-order valence-electron chi connectivity index (χ1n) is 18.0. The van der Waals surface area contributed by atoms with E-state index in [1.165, 1.54) is 75.2 Å². The lowest BCUT2D eigenvalue weighted by Gasteiger charge is -2.33. The summed E-state index contributed by atoms with van der Waals surface area (Å²) < 4.78 is 18.8. The van der Waals surface area contributed by atoms with Crippen LogP contribution in [0.15, 0.2) is 155 Å². The highest BCUT2D eigenvalue weighted by molar-refractivity contribution is 8.01. The highest BCUT2D eigenvalue weighted by Crippen LogP contribution is 2.47. The minimum atomic E-state index is -0.654. The van der Waals surface area contributed by atoms with Crippen LogP contribution >= 0.6 is 69.3 Å². The van der Waals surface area contributed by atoms with E-state index in [1.807, 2.05) is 69.3 Å². The van der Waals surface area contributed by atoms with Gasteiger partial charge in [-0.2, -0.15) is 0 Å². The number of hydrogen-bond donors (Lipinski definition) is 0. The Labute approximate surface area is 348 Å². The maximum atomic E-state index is 13.2. The Hall–Kier alpha value is -4.29. The second-order valence-corrected chi connectivity index (χ2v) is 19.7. The lowest BCUT2D eigenvalue weighted by Crippen LogP contribution is -2.37. The molecule has 0 bridgehead atoms. The van der Waals surface area contributed by atoms with Crippen LogP contribution in [0.3, 0.4) is 0 Å². The molecule has 3 heterocycles. The van der Waals surface area contributed by atoms with Crippen molar-refractivity contribution in [3.63, 3.8) is 0 Å². The minimum absolute atomic E-state index is 0.164.